The highest BCUT2D eigenvalue weighted by molar-refractivity contribution is 7.89. The Morgan fingerprint density at radius 2 is 1.77 bits per heavy atom. The third-order valence-electron chi connectivity index (χ3n) is 3.12. The maximum Gasteiger partial charge on any atom is 0.213 e. The number of ether oxygens (including phenoxy) is 2. The van der Waals surface area contributed by atoms with Crippen LogP contribution in [0.4, 0.5) is 5.69 Å². The third-order valence-corrected chi connectivity index (χ3v) is 4.46. The van der Waals surface area contributed by atoms with Gasteiger partial charge in [0.25, 0.3) is 0 Å². The molecule has 0 bridgehead atoms. The summed E-state index contributed by atoms with van der Waals surface area (Å²) in [5.74, 6) is -0.0315. The van der Waals surface area contributed by atoms with Gasteiger partial charge in [0, 0.05) is 33.4 Å². The van der Waals surface area contributed by atoms with E-state index >= 15 is 0 Å². The molecular formula is C15H26N2O4S. The fourth-order valence-electron chi connectivity index (χ4n) is 1.80. The van der Waals surface area contributed by atoms with Crippen molar-refractivity contribution in [2.24, 2.45) is 0 Å². The Kier molecular flexibility index (Phi) is 8.40. The van der Waals surface area contributed by atoms with Crippen molar-refractivity contribution in [2.75, 3.05) is 58.2 Å². The van der Waals surface area contributed by atoms with Crippen molar-refractivity contribution in [1.82, 2.24) is 4.72 Å². The smallest absolute Gasteiger partial charge is 0.213 e. The van der Waals surface area contributed by atoms with E-state index in [0.29, 0.717) is 26.2 Å². The molecule has 1 rings (SSSR count). The fourth-order valence-corrected chi connectivity index (χ4v) is 2.69. The monoisotopic (exact) mass is 330 g/mol. The summed E-state index contributed by atoms with van der Waals surface area (Å²) in [5, 5.41) is 0. The van der Waals surface area contributed by atoms with Crippen LogP contribution in [0.5, 0.6) is 0 Å². The van der Waals surface area contributed by atoms with Gasteiger partial charge in [0.15, 0.2) is 0 Å². The van der Waals surface area contributed by atoms with Gasteiger partial charge in [-0.1, -0.05) is 12.1 Å². The summed E-state index contributed by atoms with van der Waals surface area (Å²) < 4.78 is 36.1. The minimum absolute atomic E-state index is 0.0315. The molecule has 0 aliphatic carbocycles. The van der Waals surface area contributed by atoms with E-state index in [1.54, 1.807) is 7.11 Å². The van der Waals surface area contributed by atoms with Crippen LogP contribution in [0.2, 0.25) is 0 Å². The average molecular weight is 330 g/mol. The minimum atomic E-state index is -3.28. The van der Waals surface area contributed by atoms with Gasteiger partial charge >= 0.3 is 0 Å². The van der Waals surface area contributed by atoms with Gasteiger partial charge in [0.1, 0.15) is 0 Å². The Balaban J connectivity index is 2.27. The Morgan fingerprint density at radius 3 is 2.36 bits per heavy atom. The van der Waals surface area contributed by atoms with Gasteiger partial charge in [-0.25, -0.2) is 13.1 Å². The Labute approximate surface area is 133 Å². The number of nitrogens with one attached hydrogen (secondary N) is 1. The van der Waals surface area contributed by atoms with E-state index in [-0.39, 0.29) is 12.4 Å². The molecule has 6 nitrogen and oxygen atoms in total. The lowest BCUT2D eigenvalue weighted by Crippen LogP contribution is -2.30. The summed E-state index contributed by atoms with van der Waals surface area (Å²) in [4.78, 5) is 2.02. The molecular weight excluding hydrogens is 304 g/mol. The van der Waals surface area contributed by atoms with E-state index in [2.05, 4.69) is 4.72 Å². The first-order chi connectivity index (χ1) is 10.4. The average Bonchev–Trinajstić information content (AvgIpc) is 2.47. The molecule has 0 radical (unpaired) electrons. The van der Waals surface area contributed by atoms with Gasteiger partial charge in [0.05, 0.1) is 25.6 Å². The van der Waals surface area contributed by atoms with Gasteiger partial charge < -0.3 is 14.4 Å². The van der Waals surface area contributed by atoms with Crippen LogP contribution in [-0.2, 0) is 25.9 Å². The molecule has 0 saturated heterocycles. The van der Waals surface area contributed by atoms with E-state index in [0.717, 1.165) is 11.3 Å². The predicted octanol–water partition coefficient (Wildman–Crippen LogP) is 0.878. The van der Waals surface area contributed by atoms with E-state index in [1.165, 1.54) is 0 Å². The first kappa shape index (κ1) is 18.9. The zero-order valence-electron chi connectivity index (χ0n) is 13.5. The van der Waals surface area contributed by atoms with Gasteiger partial charge in [-0.15, -0.1) is 0 Å². The van der Waals surface area contributed by atoms with Gasteiger partial charge in [-0.3, -0.25) is 0 Å². The molecule has 0 atom stereocenters. The molecule has 0 fully saturated rings. The van der Waals surface area contributed by atoms with Crippen LogP contribution in [0.3, 0.4) is 0 Å². The van der Waals surface area contributed by atoms with E-state index in [9.17, 15) is 8.42 Å². The topological polar surface area (TPSA) is 67.9 Å². The molecule has 22 heavy (non-hydrogen) atoms. The molecule has 126 valence electrons. The van der Waals surface area contributed by atoms with Crippen molar-refractivity contribution in [3.63, 3.8) is 0 Å². The number of hydrogen-bond donors (Lipinski definition) is 1. The summed E-state index contributed by atoms with van der Waals surface area (Å²) in [7, 11) is 2.26. The molecule has 0 spiro atoms. The quantitative estimate of drug-likeness (QED) is 0.610. The number of anilines is 1. The summed E-state index contributed by atoms with van der Waals surface area (Å²) in [6.45, 7) is 1.44. The van der Waals surface area contributed by atoms with Crippen LogP contribution in [0.15, 0.2) is 24.3 Å². The maximum atomic E-state index is 11.8. The lowest BCUT2D eigenvalue weighted by Gasteiger charge is -2.12. The van der Waals surface area contributed by atoms with Crippen molar-refractivity contribution in [3.8, 4) is 0 Å². The maximum absolute atomic E-state index is 11.8. The number of methoxy groups -OCH3 is 1. The molecule has 1 aromatic carbocycles. The molecule has 7 heteroatoms. The molecule has 0 heterocycles. The van der Waals surface area contributed by atoms with Crippen molar-refractivity contribution in [2.45, 2.75) is 6.42 Å². The number of nitrogens with zero attached hydrogens (tertiary/aromatic N) is 1. The van der Waals surface area contributed by atoms with Crippen LogP contribution in [0.1, 0.15) is 5.56 Å². The first-order valence-corrected chi connectivity index (χ1v) is 8.90. The van der Waals surface area contributed by atoms with Gasteiger partial charge in [0.2, 0.25) is 10.0 Å². The molecule has 0 aromatic heterocycles. The molecule has 1 aromatic rings. The molecule has 0 aliphatic heterocycles. The summed E-state index contributed by atoms with van der Waals surface area (Å²) in [6, 6.07) is 8.07. The summed E-state index contributed by atoms with van der Waals surface area (Å²) >= 11 is 0. The van der Waals surface area contributed by atoms with Crippen LogP contribution in [0.25, 0.3) is 0 Å². The van der Waals surface area contributed by atoms with E-state index in [4.69, 9.17) is 9.47 Å². The van der Waals surface area contributed by atoms with Crippen molar-refractivity contribution < 1.29 is 17.9 Å². The number of sulfonamides is 1. The van der Waals surface area contributed by atoms with Crippen LogP contribution >= 0.6 is 0 Å². The van der Waals surface area contributed by atoms with E-state index < -0.39 is 10.0 Å². The molecule has 0 saturated carbocycles. The van der Waals surface area contributed by atoms with Crippen molar-refractivity contribution in [3.05, 3.63) is 29.8 Å². The van der Waals surface area contributed by atoms with E-state index in [1.807, 2.05) is 43.3 Å². The Morgan fingerprint density at radius 1 is 1.09 bits per heavy atom. The minimum Gasteiger partial charge on any atom is -0.382 e. The van der Waals surface area contributed by atoms with Gasteiger partial charge in [-0.05, 0) is 24.1 Å². The second-order valence-corrected chi connectivity index (χ2v) is 7.06. The number of rotatable bonds is 11. The molecule has 0 amide bonds. The van der Waals surface area contributed by atoms with Crippen LogP contribution < -0.4 is 9.62 Å². The van der Waals surface area contributed by atoms with Crippen LogP contribution in [-0.4, -0.2) is 61.7 Å². The zero-order valence-corrected chi connectivity index (χ0v) is 14.4. The number of benzene rings is 1. The number of hydrogen-bond acceptors (Lipinski definition) is 5. The highest BCUT2D eigenvalue weighted by atomic mass is 32.2. The molecule has 0 unspecified atom stereocenters. The highest BCUT2D eigenvalue weighted by Crippen LogP contribution is 2.12. The van der Waals surface area contributed by atoms with Crippen molar-refractivity contribution in [1.29, 1.82) is 0 Å². The molecule has 0 aliphatic rings. The third kappa shape index (κ3) is 7.74. The lowest BCUT2D eigenvalue weighted by atomic mass is 10.1. The summed E-state index contributed by atoms with van der Waals surface area (Å²) in [5.41, 5.74) is 2.22. The summed E-state index contributed by atoms with van der Waals surface area (Å²) in [6.07, 6.45) is 0.664. The Bertz CT molecular complexity index is 515. The van der Waals surface area contributed by atoms with Crippen LogP contribution in [0, 0.1) is 0 Å². The highest BCUT2D eigenvalue weighted by Gasteiger charge is 2.09. The predicted molar refractivity (Wildman–Crippen MR) is 89.0 cm³/mol. The SMILES string of the molecule is COCCOCCS(=O)(=O)NCCc1ccc(N(C)C)cc1. The lowest BCUT2D eigenvalue weighted by molar-refractivity contribution is 0.0784. The fraction of sp³-hybridized carbons (Fsp3) is 0.600. The second-order valence-electron chi connectivity index (χ2n) is 5.13. The largest absolute Gasteiger partial charge is 0.382 e. The van der Waals surface area contributed by atoms with Crippen molar-refractivity contribution >= 4 is 15.7 Å². The first-order valence-electron chi connectivity index (χ1n) is 7.25. The normalized spacial score (nSPS) is 11.6. The second kappa shape index (κ2) is 9.78. The Hall–Kier alpha value is -1.15. The zero-order chi connectivity index (χ0) is 16.4. The molecule has 1 N–H and O–H groups in total. The van der Waals surface area contributed by atoms with Gasteiger partial charge in [-0.2, -0.15) is 0 Å². The standard InChI is InChI=1S/C15H26N2O4S/c1-17(2)15-6-4-14(5-7-15)8-9-16-22(18,19)13-12-21-11-10-20-3/h4-7,16H,8-13H2,1-3H3.